The van der Waals surface area contributed by atoms with Crippen LogP contribution in [-0.4, -0.2) is 29.4 Å². The van der Waals surface area contributed by atoms with E-state index in [0.29, 0.717) is 28.1 Å². The van der Waals surface area contributed by atoms with Gasteiger partial charge in [0.1, 0.15) is 0 Å². The number of H-pyrrole nitrogens is 1. The minimum absolute atomic E-state index is 0.319. The van der Waals surface area contributed by atoms with Crippen LogP contribution in [0.25, 0.3) is 21.8 Å². The summed E-state index contributed by atoms with van der Waals surface area (Å²) in [4.78, 5) is 3.49. The summed E-state index contributed by atoms with van der Waals surface area (Å²) in [5.74, 6) is 0. The van der Waals surface area contributed by atoms with Crippen molar-refractivity contribution in [2.24, 2.45) is 0 Å². The number of benzene rings is 2. The Hall–Kier alpha value is -3.11. The number of aromatic amines is 1. The number of aryl methyl sites for hydroxylation is 1. The molecule has 4 aromatic rings. The highest BCUT2D eigenvalue weighted by atomic mass is 32.2. The second-order valence-electron chi connectivity index (χ2n) is 6.42. The zero-order valence-electron chi connectivity index (χ0n) is 14.3. The van der Waals surface area contributed by atoms with E-state index in [1.165, 1.54) is 6.26 Å². The maximum atomic E-state index is 12.3. The number of sulfone groups is 1. The first-order chi connectivity index (χ1) is 12.4. The van der Waals surface area contributed by atoms with Crippen molar-refractivity contribution >= 4 is 31.6 Å². The van der Waals surface area contributed by atoms with Crippen molar-refractivity contribution in [3.05, 3.63) is 59.4 Å². The van der Waals surface area contributed by atoms with E-state index in [-0.39, 0.29) is 0 Å². The number of nitrogens with zero attached hydrogens (tertiary/aromatic N) is 3. The molecule has 2 heterocycles. The van der Waals surface area contributed by atoms with Crippen molar-refractivity contribution in [1.29, 1.82) is 5.26 Å². The second kappa shape index (κ2) is 5.71. The number of rotatable bonds is 3. The molecular weight excluding hydrogens is 348 g/mol. The number of nitriles is 1. The summed E-state index contributed by atoms with van der Waals surface area (Å²) < 4.78 is 26.4. The molecule has 7 heteroatoms. The van der Waals surface area contributed by atoms with Gasteiger partial charge in [-0.2, -0.15) is 10.4 Å². The van der Waals surface area contributed by atoms with Gasteiger partial charge in [-0.1, -0.05) is 0 Å². The fourth-order valence-corrected chi connectivity index (χ4v) is 4.32. The molecule has 0 radical (unpaired) electrons. The Kier molecular flexibility index (Phi) is 3.60. The Morgan fingerprint density at radius 1 is 1.27 bits per heavy atom. The van der Waals surface area contributed by atoms with Gasteiger partial charge in [0, 0.05) is 40.5 Å². The first-order valence-corrected chi connectivity index (χ1v) is 9.93. The van der Waals surface area contributed by atoms with Gasteiger partial charge in [0.25, 0.3) is 0 Å². The Morgan fingerprint density at radius 2 is 2.08 bits per heavy atom. The third kappa shape index (κ3) is 2.65. The van der Waals surface area contributed by atoms with Crippen LogP contribution in [0, 0.1) is 18.3 Å². The Balaban J connectivity index is 1.91. The molecule has 0 aliphatic rings. The minimum atomic E-state index is -3.38. The van der Waals surface area contributed by atoms with E-state index in [9.17, 15) is 8.42 Å². The monoisotopic (exact) mass is 364 g/mol. The number of nitrogens with one attached hydrogen (secondary N) is 1. The van der Waals surface area contributed by atoms with Crippen LogP contribution in [0.4, 0.5) is 0 Å². The van der Waals surface area contributed by atoms with Gasteiger partial charge in [-0.05, 0) is 42.8 Å². The average molecular weight is 364 g/mol. The lowest BCUT2D eigenvalue weighted by Gasteiger charge is -2.12. The quantitative estimate of drug-likeness (QED) is 0.604. The summed E-state index contributed by atoms with van der Waals surface area (Å²) in [6, 6.07) is 11.0. The Labute approximate surface area is 150 Å². The molecule has 0 amide bonds. The number of fused-ring (bicyclic) bond motifs is 2. The van der Waals surface area contributed by atoms with Crippen LogP contribution in [0.3, 0.4) is 0 Å². The smallest absolute Gasteiger partial charge is 0.175 e. The van der Waals surface area contributed by atoms with Crippen molar-refractivity contribution in [2.75, 3.05) is 6.26 Å². The van der Waals surface area contributed by atoms with Gasteiger partial charge >= 0.3 is 0 Å². The zero-order chi connectivity index (χ0) is 18.5. The lowest BCUT2D eigenvalue weighted by atomic mass is 10.1. The molecule has 130 valence electrons. The largest absolute Gasteiger partial charge is 0.361 e. The first kappa shape index (κ1) is 16.4. The normalized spacial score (nSPS) is 11.9. The third-order valence-corrected chi connectivity index (χ3v) is 5.68. The van der Waals surface area contributed by atoms with Crippen LogP contribution in [0.5, 0.6) is 0 Å². The molecule has 0 aliphatic heterocycles. The molecule has 1 N–H and O–H groups in total. The van der Waals surface area contributed by atoms with E-state index in [2.05, 4.69) is 16.2 Å². The summed E-state index contributed by atoms with van der Waals surface area (Å²) in [5, 5.41) is 15.3. The van der Waals surface area contributed by atoms with Crippen LogP contribution in [0.15, 0.2) is 47.6 Å². The van der Waals surface area contributed by atoms with Gasteiger partial charge in [-0.25, -0.2) is 8.42 Å². The number of aromatic nitrogens is 3. The fourth-order valence-electron chi connectivity index (χ4n) is 3.31. The third-order valence-electron chi connectivity index (χ3n) is 4.51. The molecule has 0 saturated carbocycles. The van der Waals surface area contributed by atoms with Gasteiger partial charge in [0.2, 0.25) is 0 Å². The van der Waals surface area contributed by atoms with E-state index in [1.807, 2.05) is 31.5 Å². The predicted octanol–water partition coefficient (Wildman–Crippen LogP) is 3.15. The Morgan fingerprint density at radius 3 is 2.81 bits per heavy atom. The first-order valence-electron chi connectivity index (χ1n) is 8.04. The van der Waals surface area contributed by atoms with E-state index in [1.54, 1.807) is 22.9 Å². The zero-order valence-corrected chi connectivity index (χ0v) is 15.1. The van der Waals surface area contributed by atoms with Crippen LogP contribution in [0.1, 0.15) is 16.7 Å². The van der Waals surface area contributed by atoms with Crippen LogP contribution < -0.4 is 0 Å². The van der Waals surface area contributed by atoms with E-state index < -0.39 is 9.84 Å². The molecular formula is C19H16N4O2S. The summed E-state index contributed by atoms with van der Waals surface area (Å²) in [6.45, 7) is 2.22. The molecule has 26 heavy (non-hydrogen) atoms. The fraction of sp³-hybridized carbons (Fsp3) is 0.158. The highest BCUT2D eigenvalue weighted by Crippen LogP contribution is 2.29. The van der Waals surface area contributed by atoms with E-state index in [0.717, 1.165) is 21.9 Å². The molecule has 0 saturated heterocycles. The van der Waals surface area contributed by atoms with Gasteiger partial charge in [0.15, 0.2) is 9.84 Å². The molecule has 0 atom stereocenters. The maximum Gasteiger partial charge on any atom is 0.175 e. The topological polar surface area (TPSA) is 91.5 Å². The Bertz CT molecular complexity index is 1310. The van der Waals surface area contributed by atoms with E-state index in [4.69, 9.17) is 5.26 Å². The average Bonchev–Trinajstić information content (AvgIpc) is 3.22. The molecule has 4 rings (SSSR count). The molecule has 0 aliphatic carbocycles. The molecule has 2 aromatic heterocycles. The maximum absolute atomic E-state index is 12.3. The number of hydrogen-bond donors (Lipinski definition) is 1. The van der Waals surface area contributed by atoms with Crippen LogP contribution in [0.2, 0.25) is 0 Å². The summed E-state index contributed by atoms with van der Waals surface area (Å²) in [7, 11) is -3.38. The molecule has 0 bridgehead atoms. The molecule has 6 nitrogen and oxygen atoms in total. The van der Waals surface area contributed by atoms with Crippen molar-refractivity contribution in [2.45, 2.75) is 18.4 Å². The predicted molar refractivity (Wildman–Crippen MR) is 99.7 cm³/mol. The highest BCUT2D eigenvalue weighted by molar-refractivity contribution is 7.90. The van der Waals surface area contributed by atoms with Crippen LogP contribution >= 0.6 is 0 Å². The van der Waals surface area contributed by atoms with Crippen molar-refractivity contribution in [1.82, 2.24) is 14.8 Å². The molecule has 2 aromatic carbocycles. The molecule has 0 unspecified atom stereocenters. The molecule has 0 fully saturated rings. The lowest BCUT2D eigenvalue weighted by molar-refractivity contribution is 0.599. The van der Waals surface area contributed by atoms with Gasteiger partial charge in [-0.3, -0.25) is 4.68 Å². The lowest BCUT2D eigenvalue weighted by Crippen LogP contribution is -2.08. The molecule has 0 spiro atoms. The summed E-state index contributed by atoms with van der Waals surface area (Å²) in [5.41, 5.74) is 3.78. The van der Waals surface area contributed by atoms with Gasteiger partial charge < -0.3 is 4.98 Å². The van der Waals surface area contributed by atoms with Gasteiger partial charge in [-0.15, -0.1) is 0 Å². The van der Waals surface area contributed by atoms with Crippen molar-refractivity contribution in [3.8, 4) is 6.07 Å². The summed E-state index contributed by atoms with van der Waals surface area (Å²) >= 11 is 0. The van der Waals surface area contributed by atoms with Gasteiger partial charge in [0.05, 0.1) is 28.6 Å². The van der Waals surface area contributed by atoms with Crippen molar-refractivity contribution < 1.29 is 8.42 Å². The minimum Gasteiger partial charge on any atom is -0.361 e. The summed E-state index contributed by atoms with van der Waals surface area (Å²) in [6.07, 6.45) is 4.90. The van der Waals surface area contributed by atoms with Crippen LogP contribution in [-0.2, 0) is 16.4 Å². The van der Waals surface area contributed by atoms with E-state index >= 15 is 0 Å². The van der Waals surface area contributed by atoms with Crippen molar-refractivity contribution in [3.63, 3.8) is 0 Å². The SMILES string of the molecule is Cc1cc(S(C)(=O)=O)c(Cn2cc3ccc(C#N)cc3n2)c2cc[nH]c12. The second-order valence-corrected chi connectivity index (χ2v) is 8.40. The highest BCUT2D eigenvalue weighted by Gasteiger charge is 2.19. The standard InChI is InChI=1S/C19H16N4O2S/c1-12-7-18(26(2,24)25)16(15-5-6-21-19(12)15)11-23-10-14-4-3-13(9-20)8-17(14)22-23/h3-8,10,21H,11H2,1-2H3. The number of hydrogen-bond acceptors (Lipinski definition) is 4.